The molecular weight excluding hydrogens is 298 g/mol. The third-order valence-electron chi connectivity index (χ3n) is 4.81. The molecule has 2 aromatic rings. The number of carbonyl (C=O) groups is 1. The Morgan fingerprint density at radius 1 is 1.04 bits per heavy atom. The lowest BCUT2D eigenvalue weighted by atomic mass is 9.93. The molecule has 2 aromatic carbocycles. The zero-order chi connectivity index (χ0) is 16.8. The molecule has 126 valence electrons. The molecule has 0 unspecified atom stereocenters. The average molecular weight is 323 g/mol. The summed E-state index contributed by atoms with van der Waals surface area (Å²) in [6.07, 6.45) is 6.09. The van der Waals surface area contributed by atoms with E-state index in [1.807, 2.05) is 48.5 Å². The molecule has 0 bridgehead atoms. The first-order valence-electron chi connectivity index (χ1n) is 8.77. The monoisotopic (exact) mass is 323 g/mol. The van der Waals surface area contributed by atoms with Crippen LogP contribution in [-0.4, -0.2) is 25.5 Å². The summed E-state index contributed by atoms with van der Waals surface area (Å²) in [6, 6.07) is 18.1. The number of rotatable bonds is 6. The molecule has 0 heterocycles. The van der Waals surface area contributed by atoms with Gasteiger partial charge in [0.05, 0.1) is 13.7 Å². The first kappa shape index (κ1) is 16.6. The predicted molar refractivity (Wildman–Crippen MR) is 98.0 cm³/mol. The van der Waals surface area contributed by atoms with E-state index in [1.165, 1.54) is 19.3 Å². The van der Waals surface area contributed by atoms with Crippen LogP contribution in [0.1, 0.15) is 42.5 Å². The van der Waals surface area contributed by atoms with Crippen molar-refractivity contribution in [1.82, 2.24) is 0 Å². The minimum Gasteiger partial charge on any atom is -0.497 e. The maximum Gasteiger partial charge on any atom is 0.182 e. The van der Waals surface area contributed by atoms with Crippen LogP contribution >= 0.6 is 0 Å². The van der Waals surface area contributed by atoms with E-state index in [9.17, 15) is 4.79 Å². The second-order valence-corrected chi connectivity index (χ2v) is 6.41. The van der Waals surface area contributed by atoms with Crippen LogP contribution < -0.4 is 9.64 Å². The smallest absolute Gasteiger partial charge is 0.182 e. The molecule has 0 atom stereocenters. The van der Waals surface area contributed by atoms with Crippen molar-refractivity contribution in [1.29, 1.82) is 0 Å². The van der Waals surface area contributed by atoms with Crippen LogP contribution in [0.4, 0.5) is 5.69 Å². The SMILES string of the molecule is COc1cccc(N(CC(=O)c2ccccc2)C2CCCCC2)c1. The molecule has 0 aromatic heterocycles. The van der Waals surface area contributed by atoms with Gasteiger partial charge in [-0.2, -0.15) is 0 Å². The molecule has 1 aliphatic carbocycles. The maximum atomic E-state index is 12.8. The van der Waals surface area contributed by atoms with Crippen molar-refractivity contribution >= 4 is 11.5 Å². The highest BCUT2D eigenvalue weighted by Gasteiger charge is 2.24. The van der Waals surface area contributed by atoms with E-state index in [0.29, 0.717) is 12.6 Å². The fraction of sp³-hybridized carbons (Fsp3) is 0.381. The number of hydrogen-bond donors (Lipinski definition) is 0. The Kier molecular flexibility index (Phi) is 5.52. The Balaban J connectivity index is 1.85. The summed E-state index contributed by atoms with van der Waals surface area (Å²) in [5.74, 6) is 1.00. The van der Waals surface area contributed by atoms with Gasteiger partial charge in [0.1, 0.15) is 5.75 Å². The number of ketones is 1. The van der Waals surface area contributed by atoms with Crippen LogP contribution in [0, 0.1) is 0 Å². The first-order valence-corrected chi connectivity index (χ1v) is 8.77. The van der Waals surface area contributed by atoms with Gasteiger partial charge in [-0.15, -0.1) is 0 Å². The molecule has 3 nitrogen and oxygen atoms in total. The standard InChI is InChI=1S/C21H25NO2/c1-24-20-14-8-13-19(15-20)22(18-11-6-3-7-12-18)16-21(23)17-9-4-2-5-10-17/h2,4-5,8-10,13-15,18H,3,6-7,11-12,16H2,1H3. The number of benzene rings is 2. The van der Waals surface area contributed by atoms with Gasteiger partial charge in [-0.1, -0.05) is 55.7 Å². The van der Waals surface area contributed by atoms with Crippen molar-refractivity contribution in [3.05, 3.63) is 60.2 Å². The second-order valence-electron chi connectivity index (χ2n) is 6.41. The van der Waals surface area contributed by atoms with E-state index >= 15 is 0 Å². The normalized spacial score (nSPS) is 15.0. The van der Waals surface area contributed by atoms with Crippen molar-refractivity contribution in [2.75, 3.05) is 18.6 Å². The zero-order valence-corrected chi connectivity index (χ0v) is 14.3. The Hall–Kier alpha value is -2.29. The first-order chi connectivity index (χ1) is 11.8. The summed E-state index contributed by atoms with van der Waals surface area (Å²) >= 11 is 0. The van der Waals surface area contributed by atoms with Gasteiger partial charge >= 0.3 is 0 Å². The fourth-order valence-corrected chi connectivity index (χ4v) is 3.48. The summed E-state index contributed by atoms with van der Waals surface area (Å²) in [7, 11) is 1.68. The highest BCUT2D eigenvalue weighted by Crippen LogP contribution is 2.29. The van der Waals surface area contributed by atoms with Gasteiger partial charge < -0.3 is 9.64 Å². The van der Waals surface area contributed by atoms with Crippen LogP contribution in [0.25, 0.3) is 0 Å². The number of Topliss-reactive ketones (excluding diaryl/α,β-unsaturated/α-hetero) is 1. The Labute approximate surface area is 144 Å². The molecule has 1 aliphatic rings. The zero-order valence-electron chi connectivity index (χ0n) is 14.3. The van der Waals surface area contributed by atoms with Crippen LogP contribution in [-0.2, 0) is 0 Å². The highest BCUT2D eigenvalue weighted by atomic mass is 16.5. The molecule has 3 rings (SSSR count). The van der Waals surface area contributed by atoms with Gasteiger partial charge in [-0.25, -0.2) is 0 Å². The Bertz CT molecular complexity index is 663. The molecule has 1 fully saturated rings. The summed E-state index contributed by atoms with van der Waals surface area (Å²) < 4.78 is 5.37. The lowest BCUT2D eigenvalue weighted by Crippen LogP contribution is -2.40. The molecule has 0 saturated heterocycles. The number of methoxy groups -OCH3 is 1. The Morgan fingerprint density at radius 2 is 1.79 bits per heavy atom. The summed E-state index contributed by atoms with van der Waals surface area (Å²) in [4.78, 5) is 15.0. The van der Waals surface area contributed by atoms with E-state index < -0.39 is 0 Å². The lowest BCUT2D eigenvalue weighted by Gasteiger charge is -2.36. The average Bonchev–Trinajstić information content (AvgIpc) is 2.67. The molecule has 24 heavy (non-hydrogen) atoms. The summed E-state index contributed by atoms with van der Waals surface area (Å²) in [6.45, 7) is 0.418. The van der Waals surface area contributed by atoms with Crippen molar-refractivity contribution in [2.24, 2.45) is 0 Å². The predicted octanol–water partition coefficient (Wildman–Crippen LogP) is 4.72. The van der Waals surface area contributed by atoms with E-state index in [2.05, 4.69) is 11.0 Å². The van der Waals surface area contributed by atoms with E-state index in [-0.39, 0.29) is 5.78 Å². The van der Waals surface area contributed by atoms with Crippen LogP contribution in [0.3, 0.4) is 0 Å². The van der Waals surface area contributed by atoms with Crippen molar-refractivity contribution in [2.45, 2.75) is 38.1 Å². The van der Waals surface area contributed by atoms with Gasteiger partial charge in [0, 0.05) is 23.4 Å². The van der Waals surface area contributed by atoms with Crippen LogP contribution in [0.15, 0.2) is 54.6 Å². The Morgan fingerprint density at radius 3 is 2.50 bits per heavy atom. The van der Waals surface area contributed by atoms with Crippen molar-refractivity contribution in [3.63, 3.8) is 0 Å². The topological polar surface area (TPSA) is 29.5 Å². The largest absolute Gasteiger partial charge is 0.497 e. The third-order valence-corrected chi connectivity index (χ3v) is 4.81. The lowest BCUT2D eigenvalue weighted by molar-refractivity contribution is 0.0995. The molecule has 0 N–H and O–H groups in total. The van der Waals surface area contributed by atoms with Crippen molar-refractivity contribution < 1.29 is 9.53 Å². The number of carbonyl (C=O) groups excluding carboxylic acids is 1. The summed E-state index contributed by atoms with van der Waals surface area (Å²) in [5.41, 5.74) is 1.85. The van der Waals surface area contributed by atoms with Crippen molar-refractivity contribution in [3.8, 4) is 5.75 Å². The molecular formula is C21H25NO2. The van der Waals surface area contributed by atoms with Gasteiger partial charge in [-0.3, -0.25) is 4.79 Å². The van der Waals surface area contributed by atoms with Crippen LogP contribution in [0.5, 0.6) is 5.75 Å². The van der Waals surface area contributed by atoms with Gasteiger partial charge in [0.25, 0.3) is 0 Å². The minimum atomic E-state index is 0.170. The minimum absolute atomic E-state index is 0.170. The quantitative estimate of drug-likeness (QED) is 0.721. The molecule has 0 spiro atoms. The molecule has 0 amide bonds. The van der Waals surface area contributed by atoms with Gasteiger partial charge in [-0.05, 0) is 25.0 Å². The number of hydrogen-bond acceptors (Lipinski definition) is 3. The third kappa shape index (κ3) is 3.97. The molecule has 1 saturated carbocycles. The maximum absolute atomic E-state index is 12.8. The van der Waals surface area contributed by atoms with Crippen LogP contribution in [0.2, 0.25) is 0 Å². The van der Waals surface area contributed by atoms with E-state index in [4.69, 9.17) is 4.74 Å². The number of anilines is 1. The molecule has 0 radical (unpaired) electrons. The van der Waals surface area contributed by atoms with Gasteiger partial charge in [0.2, 0.25) is 0 Å². The van der Waals surface area contributed by atoms with Gasteiger partial charge in [0.15, 0.2) is 5.78 Å². The van der Waals surface area contributed by atoms with E-state index in [1.54, 1.807) is 7.11 Å². The molecule has 0 aliphatic heterocycles. The van der Waals surface area contributed by atoms with E-state index in [0.717, 1.165) is 29.8 Å². The fourth-order valence-electron chi connectivity index (χ4n) is 3.48. The number of ether oxygens (including phenoxy) is 1. The second kappa shape index (κ2) is 8.00. The number of nitrogens with zero attached hydrogens (tertiary/aromatic N) is 1. The molecule has 3 heteroatoms. The highest BCUT2D eigenvalue weighted by molar-refractivity contribution is 5.99. The summed E-state index contributed by atoms with van der Waals surface area (Å²) in [5, 5.41) is 0.